The Kier molecular flexibility index (Phi) is 9.51. The van der Waals surface area contributed by atoms with Crippen molar-refractivity contribution in [3.63, 3.8) is 0 Å². The summed E-state index contributed by atoms with van der Waals surface area (Å²) in [5.41, 5.74) is 6.43. The molecule has 0 aromatic heterocycles. The topological polar surface area (TPSA) is 199 Å². The molecule has 1 aromatic carbocycles. The number of amides is 3. The predicted molar refractivity (Wildman–Crippen MR) is 118 cm³/mol. The molecule has 1 aliphatic heterocycles. The lowest BCUT2D eigenvalue weighted by atomic mass is 10.0. The van der Waals surface area contributed by atoms with Crippen LogP contribution in [0, 0.1) is 0 Å². The molecule has 186 valence electrons. The third-order valence-corrected chi connectivity index (χ3v) is 5.55. The highest BCUT2D eigenvalue weighted by molar-refractivity contribution is 5.95. The lowest BCUT2D eigenvalue weighted by molar-refractivity contribution is -0.148. The van der Waals surface area contributed by atoms with Crippen LogP contribution in [0.5, 0.6) is 0 Å². The number of hydrogen-bond donors (Lipinski definition) is 6. The van der Waals surface area contributed by atoms with Crippen molar-refractivity contribution in [3.8, 4) is 0 Å². The minimum Gasteiger partial charge on any atom is -0.481 e. The van der Waals surface area contributed by atoms with Crippen molar-refractivity contribution in [2.75, 3.05) is 6.54 Å². The van der Waals surface area contributed by atoms with Gasteiger partial charge in [-0.15, -0.1) is 0 Å². The molecule has 12 nitrogen and oxygen atoms in total. The van der Waals surface area contributed by atoms with Gasteiger partial charge in [-0.2, -0.15) is 0 Å². The summed E-state index contributed by atoms with van der Waals surface area (Å²) in [4.78, 5) is 62.1. The molecule has 1 fully saturated rings. The molecule has 0 radical (unpaired) electrons. The Morgan fingerprint density at radius 1 is 1.09 bits per heavy atom. The van der Waals surface area contributed by atoms with Crippen LogP contribution in [-0.4, -0.2) is 86.7 Å². The fourth-order valence-electron chi connectivity index (χ4n) is 3.68. The van der Waals surface area contributed by atoms with Crippen molar-refractivity contribution in [2.24, 2.45) is 5.73 Å². The maximum Gasteiger partial charge on any atom is 0.326 e. The zero-order chi connectivity index (χ0) is 25.4. The molecular formula is C22H30N4O8. The second-order valence-electron chi connectivity index (χ2n) is 8.20. The Morgan fingerprint density at radius 2 is 1.74 bits per heavy atom. The van der Waals surface area contributed by atoms with E-state index in [2.05, 4.69) is 10.6 Å². The molecule has 5 unspecified atom stereocenters. The molecule has 1 saturated heterocycles. The normalized spacial score (nSPS) is 18.9. The number of carboxylic acids is 2. The van der Waals surface area contributed by atoms with Crippen LogP contribution >= 0.6 is 0 Å². The number of nitrogens with two attached hydrogens (primary N) is 1. The van der Waals surface area contributed by atoms with E-state index in [1.165, 1.54) is 11.8 Å². The SMILES string of the molecule is CC(O)C(N)C(=O)NC(Cc1ccccc1)C(=O)N1CCCC1C(=O)NC(CC(=O)O)C(=O)O. The largest absolute Gasteiger partial charge is 0.481 e. The standard InChI is InChI=1S/C22H30N4O8/c1-12(27)18(23)20(31)24-14(10-13-6-3-2-4-7-13)21(32)26-9-5-8-16(26)19(30)25-15(22(33)34)11-17(28)29/h2-4,6-7,12,14-16,18,27H,5,8-11,23H2,1H3,(H,24,31)(H,25,30)(H,28,29)(H,33,34). The minimum absolute atomic E-state index is 0.0968. The number of carbonyl (C=O) groups is 5. The lowest BCUT2D eigenvalue weighted by Gasteiger charge is -2.30. The molecular weight excluding hydrogens is 448 g/mol. The highest BCUT2D eigenvalue weighted by Gasteiger charge is 2.39. The van der Waals surface area contributed by atoms with Gasteiger partial charge in [0.15, 0.2) is 0 Å². The number of carboxylic acid groups (broad SMARTS) is 2. The van der Waals surface area contributed by atoms with Gasteiger partial charge in [0.25, 0.3) is 0 Å². The Morgan fingerprint density at radius 3 is 2.29 bits per heavy atom. The average molecular weight is 479 g/mol. The minimum atomic E-state index is -1.65. The van der Waals surface area contributed by atoms with Gasteiger partial charge in [0.05, 0.1) is 12.5 Å². The second kappa shape index (κ2) is 12.1. The molecule has 12 heteroatoms. The van der Waals surface area contributed by atoms with Crippen LogP contribution in [0.15, 0.2) is 30.3 Å². The number of aliphatic carboxylic acids is 2. The number of hydrogen-bond acceptors (Lipinski definition) is 7. The van der Waals surface area contributed by atoms with E-state index in [0.717, 1.165) is 5.56 Å². The van der Waals surface area contributed by atoms with Crippen molar-refractivity contribution in [1.82, 2.24) is 15.5 Å². The van der Waals surface area contributed by atoms with Gasteiger partial charge in [0.2, 0.25) is 17.7 Å². The number of likely N-dealkylation sites (tertiary alicyclic amines) is 1. The van der Waals surface area contributed by atoms with Gasteiger partial charge in [-0.25, -0.2) is 4.79 Å². The zero-order valence-electron chi connectivity index (χ0n) is 18.7. The number of carbonyl (C=O) groups excluding carboxylic acids is 3. The monoisotopic (exact) mass is 478 g/mol. The molecule has 1 heterocycles. The van der Waals surface area contributed by atoms with Crippen LogP contribution in [0.4, 0.5) is 0 Å². The van der Waals surface area contributed by atoms with Crippen LogP contribution in [0.25, 0.3) is 0 Å². The molecule has 0 bridgehead atoms. The first kappa shape index (κ1) is 26.7. The molecule has 0 aliphatic carbocycles. The molecule has 2 rings (SSSR count). The van der Waals surface area contributed by atoms with Crippen LogP contribution in [-0.2, 0) is 30.4 Å². The Balaban J connectivity index is 2.22. The van der Waals surface area contributed by atoms with E-state index in [-0.39, 0.29) is 19.4 Å². The first-order valence-electron chi connectivity index (χ1n) is 10.8. The van der Waals surface area contributed by atoms with Gasteiger partial charge < -0.3 is 36.6 Å². The van der Waals surface area contributed by atoms with Crippen LogP contribution in [0.1, 0.15) is 31.7 Å². The summed E-state index contributed by atoms with van der Waals surface area (Å²) < 4.78 is 0. The molecule has 5 atom stereocenters. The van der Waals surface area contributed by atoms with Crippen molar-refractivity contribution >= 4 is 29.7 Å². The maximum atomic E-state index is 13.4. The van der Waals surface area contributed by atoms with Gasteiger partial charge in [-0.1, -0.05) is 30.3 Å². The summed E-state index contributed by atoms with van der Waals surface area (Å²) in [6.45, 7) is 1.53. The number of nitrogens with zero attached hydrogens (tertiary/aromatic N) is 1. The summed E-state index contributed by atoms with van der Waals surface area (Å²) >= 11 is 0. The predicted octanol–water partition coefficient (Wildman–Crippen LogP) is -1.54. The summed E-state index contributed by atoms with van der Waals surface area (Å²) in [5.74, 6) is -5.00. The van der Waals surface area contributed by atoms with E-state index in [4.69, 9.17) is 10.8 Å². The summed E-state index contributed by atoms with van der Waals surface area (Å²) in [6.07, 6.45) is -1.17. The quantitative estimate of drug-likeness (QED) is 0.218. The van der Waals surface area contributed by atoms with E-state index in [0.29, 0.717) is 6.42 Å². The highest BCUT2D eigenvalue weighted by Crippen LogP contribution is 2.20. The second-order valence-corrected chi connectivity index (χ2v) is 8.20. The number of aliphatic hydroxyl groups excluding tert-OH is 1. The van der Waals surface area contributed by atoms with E-state index in [1.807, 2.05) is 0 Å². The number of benzene rings is 1. The summed E-state index contributed by atoms with van der Waals surface area (Å²) in [7, 11) is 0. The molecule has 34 heavy (non-hydrogen) atoms. The molecule has 0 saturated carbocycles. The van der Waals surface area contributed by atoms with Gasteiger partial charge >= 0.3 is 11.9 Å². The average Bonchev–Trinajstić information content (AvgIpc) is 3.27. The van der Waals surface area contributed by atoms with Gasteiger partial charge in [0, 0.05) is 13.0 Å². The summed E-state index contributed by atoms with van der Waals surface area (Å²) in [6, 6.07) is 3.81. The van der Waals surface area contributed by atoms with Gasteiger partial charge in [0.1, 0.15) is 24.2 Å². The van der Waals surface area contributed by atoms with E-state index >= 15 is 0 Å². The Labute approximate surface area is 196 Å². The zero-order valence-corrected chi connectivity index (χ0v) is 18.7. The van der Waals surface area contributed by atoms with Gasteiger partial charge in [-0.05, 0) is 25.3 Å². The first-order valence-corrected chi connectivity index (χ1v) is 10.8. The van der Waals surface area contributed by atoms with Gasteiger partial charge in [-0.3, -0.25) is 19.2 Å². The molecule has 0 spiro atoms. The third kappa shape index (κ3) is 7.25. The molecule has 3 amide bonds. The molecule has 1 aromatic rings. The van der Waals surface area contributed by atoms with Crippen molar-refractivity contribution in [2.45, 2.75) is 62.9 Å². The maximum absolute atomic E-state index is 13.4. The summed E-state index contributed by atoms with van der Waals surface area (Å²) in [5, 5.41) is 32.4. The van der Waals surface area contributed by atoms with Crippen molar-refractivity contribution in [3.05, 3.63) is 35.9 Å². The fourth-order valence-corrected chi connectivity index (χ4v) is 3.68. The van der Waals surface area contributed by atoms with Crippen LogP contribution < -0.4 is 16.4 Å². The first-order chi connectivity index (χ1) is 16.0. The van der Waals surface area contributed by atoms with Crippen LogP contribution in [0.2, 0.25) is 0 Å². The van der Waals surface area contributed by atoms with Crippen LogP contribution in [0.3, 0.4) is 0 Å². The number of rotatable bonds is 11. The highest BCUT2D eigenvalue weighted by atomic mass is 16.4. The van der Waals surface area contributed by atoms with E-state index < -0.39 is 66.4 Å². The van der Waals surface area contributed by atoms with E-state index in [9.17, 15) is 34.2 Å². The Hall–Kier alpha value is -3.51. The number of nitrogens with one attached hydrogen (secondary N) is 2. The third-order valence-electron chi connectivity index (χ3n) is 5.55. The number of aliphatic hydroxyl groups is 1. The fraction of sp³-hybridized carbons (Fsp3) is 0.500. The van der Waals surface area contributed by atoms with Crippen molar-refractivity contribution < 1.29 is 39.3 Å². The van der Waals surface area contributed by atoms with Crippen molar-refractivity contribution in [1.29, 1.82) is 0 Å². The smallest absolute Gasteiger partial charge is 0.326 e. The lowest BCUT2D eigenvalue weighted by Crippen LogP contribution is -2.58. The molecule has 7 N–H and O–H groups in total. The molecule has 1 aliphatic rings. The van der Waals surface area contributed by atoms with E-state index in [1.54, 1.807) is 30.3 Å². The Bertz CT molecular complexity index is 907.